The Balaban J connectivity index is 2.31. The number of amides is 1. The van der Waals surface area contributed by atoms with Crippen LogP contribution in [0.3, 0.4) is 0 Å². The molecule has 1 aliphatic rings. The first-order valence-corrected chi connectivity index (χ1v) is 6.58. The van der Waals surface area contributed by atoms with Gasteiger partial charge in [0.2, 0.25) is 0 Å². The molecule has 0 heterocycles. The molecule has 1 rings (SSSR count). The molecule has 102 valence electrons. The fourth-order valence-electron chi connectivity index (χ4n) is 1.66. The zero-order valence-electron chi connectivity index (χ0n) is 11.7. The number of hydrogen-bond acceptors (Lipinski definition) is 3. The number of carbonyl (C=O) groups excluding carboxylic acids is 1. The van der Waals surface area contributed by atoms with Gasteiger partial charge in [0.25, 0.3) is 0 Å². The van der Waals surface area contributed by atoms with E-state index in [2.05, 4.69) is 11.2 Å². The summed E-state index contributed by atoms with van der Waals surface area (Å²) < 4.78 is 5.41. The molecule has 0 spiro atoms. The minimum Gasteiger partial charge on any atom is -0.444 e. The minimum atomic E-state index is -0.425. The average molecular weight is 252 g/mol. The quantitative estimate of drug-likeness (QED) is 0.580. The fraction of sp³-hybridized carbons (Fsp3) is 0.786. The largest absolute Gasteiger partial charge is 0.444 e. The SMILES string of the molecule is C#CCNCCCN(C(=O)OC(C)(C)C)C1CC1. The van der Waals surface area contributed by atoms with E-state index in [0.717, 1.165) is 32.4 Å². The van der Waals surface area contributed by atoms with Crippen molar-refractivity contribution in [1.82, 2.24) is 10.2 Å². The second-order valence-electron chi connectivity index (χ2n) is 5.64. The van der Waals surface area contributed by atoms with Gasteiger partial charge in [-0.05, 0) is 46.6 Å². The van der Waals surface area contributed by atoms with Crippen LogP contribution in [0.25, 0.3) is 0 Å². The second-order valence-corrected chi connectivity index (χ2v) is 5.64. The van der Waals surface area contributed by atoms with Gasteiger partial charge in [0.05, 0.1) is 6.54 Å². The predicted octanol–water partition coefficient (Wildman–Crippen LogP) is 2.00. The van der Waals surface area contributed by atoms with Crippen LogP contribution >= 0.6 is 0 Å². The van der Waals surface area contributed by atoms with Crippen LogP contribution in [0.4, 0.5) is 4.79 Å². The molecule has 4 nitrogen and oxygen atoms in total. The first kappa shape index (κ1) is 14.8. The van der Waals surface area contributed by atoms with Gasteiger partial charge in [-0.25, -0.2) is 4.79 Å². The van der Waals surface area contributed by atoms with Crippen molar-refractivity contribution < 1.29 is 9.53 Å². The molecule has 0 aromatic rings. The van der Waals surface area contributed by atoms with E-state index in [0.29, 0.717) is 12.6 Å². The Morgan fingerprint density at radius 1 is 1.50 bits per heavy atom. The smallest absolute Gasteiger partial charge is 0.410 e. The minimum absolute atomic E-state index is 0.193. The zero-order valence-corrected chi connectivity index (χ0v) is 11.7. The van der Waals surface area contributed by atoms with Gasteiger partial charge in [0.1, 0.15) is 5.60 Å². The number of hydrogen-bond donors (Lipinski definition) is 1. The molecule has 4 heteroatoms. The van der Waals surface area contributed by atoms with Crippen molar-refractivity contribution in [2.24, 2.45) is 0 Å². The number of rotatable bonds is 6. The lowest BCUT2D eigenvalue weighted by Crippen LogP contribution is -2.39. The standard InChI is InChI=1S/C14H24N2O2/c1-5-9-15-10-6-11-16(12-7-8-12)13(17)18-14(2,3)4/h1,12,15H,6-11H2,2-4H3. The summed E-state index contributed by atoms with van der Waals surface area (Å²) >= 11 is 0. The Bertz CT molecular complexity index is 311. The van der Waals surface area contributed by atoms with E-state index in [1.165, 1.54) is 0 Å². The maximum absolute atomic E-state index is 12.0. The Morgan fingerprint density at radius 2 is 2.17 bits per heavy atom. The number of terminal acetylenes is 1. The molecule has 18 heavy (non-hydrogen) atoms. The van der Waals surface area contributed by atoms with Crippen LogP contribution < -0.4 is 5.32 Å². The molecule has 0 bridgehead atoms. The van der Waals surface area contributed by atoms with Crippen LogP contribution in [0.15, 0.2) is 0 Å². The van der Waals surface area contributed by atoms with Gasteiger partial charge in [-0.3, -0.25) is 0 Å². The third-order valence-electron chi connectivity index (χ3n) is 2.60. The van der Waals surface area contributed by atoms with Gasteiger partial charge >= 0.3 is 6.09 Å². The van der Waals surface area contributed by atoms with Crippen LogP contribution in [-0.2, 0) is 4.74 Å². The molecule has 1 saturated carbocycles. The van der Waals surface area contributed by atoms with Crippen LogP contribution in [0, 0.1) is 12.3 Å². The summed E-state index contributed by atoms with van der Waals surface area (Å²) in [6.07, 6.45) is 8.05. The van der Waals surface area contributed by atoms with E-state index in [9.17, 15) is 4.79 Å². The molecule has 0 unspecified atom stereocenters. The molecule has 0 radical (unpaired) electrons. The summed E-state index contributed by atoms with van der Waals surface area (Å²) in [5.74, 6) is 2.53. The average Bonchev–Trinajstić information content (AvgIpc) is 3.04. The lowest BCUT2D eigenvalue weighted by atomic mass is 10.2. The zero-order chi connectivity index (χ0) is 13.6. The highest BCUT2D eigenvalue weighted by Crippen LogP contribution is 2.28. The summed E-state index contributed by atoms with van der Waals surface area (Å²) in [5, 5.41) is 3.12. The van der Waals surface area contributed by atoms with E-state index in [-0.39, 0.29) is 6.09 Å². The van der Waals surface area contributed by atoms with Crippen molar-refractivity contribution in [1.29, 1.82) is 0 Å². The van der Waals surface area contributed by atoms with Gasteiger partial charge < -0.3 is 15.0 Å². The molecule has 0 atom stereocenters. The highest BCUT2D eigenvalue weighted by molar-refractivity contribution is 5.69. The molecule has 0 aromatic heterocycles. The molecule has 1 amide bonds. The van der Waals surface area contributed by atoms with Crippen molar-refractivity contribution in [3.05, 3.63) is 0 Å². The normalized spacial score (nSPS) is 15.0. The van der Waals surface area contributed by atoms with E-state index < -0.39 is 5.60 Å². The molecule has 1 aliphatic carbocycles. The summed E-state index contributed by atoms with van der Waals surface area (Å²) in [6, 6.07) is 0.382. The summed E-state index contributed by atoms with van der Waals surface area (Å²) in [4.78, 5) is 13.9. The highest BCUT2D eigenvalue weighted by atomic mass is 16.6. The summed E-state index contributed by atoms with van der Waals surface area (Å²) in [5.41, 5.74) is -0.425. The van der Waals surface area contributed by atoms with Crippen LogP contribution in [0.2, 0.25) is 0 Å². The number of nitrogens with one attached hydrogen (secondary N) is 1. The van der Waals surface area contributed by atoms with Crippen LogP contribution in [-0.4, -0.2) is 42.3 Å². The lowest BCUT2D eigenvalue weighted by Gasteiger charge is -2.27. The van der Waals surface area contributed by atoms with Crippen LogP contribution in [0.5, 0.6) is 0 Å². The van der Waals surface area contributed by atoms with Crippen molar-refractivity contribution in [2.75, 3.05) is 19.6 Å². The topological polar surface area (TPSA) is 41.6 Å². The summed E-state index contributed by atoms with van der Waals surface area (Å²) in [6.45, 7) is 7.82. The number of carbonyl (C=O) groups is 1. The van der Waals surface area contributed by atoms with E-state index >= 15 is 0 Å². The Kier molecular flexibility index (Phi) is 5.49. The molecule has 1 N–H and O–H groups in total. The van der Waals surface area contributed by atoms with Crippen molar-refractivity contribution >= 4 is 6.09 Å². The van der Waals surface area contributed by atoms with E-state index in [4.69, 9.17) is 11.2 Å². The fourth-order valence-corrected chi connectivity index (χ4v) is 1.66. The molecule has 0 aliphatic heterocycles. The predicted molar refractivity (Wildman–Crippen MR) is 72.3 cm³/mol. The maximum Gasteiger partial charge on any atom is 0.410 e. The molecule has 0 saturated heterocycles. The molecular formula is C14H24N2O2. The first-order chi connectivity index (χ1) is 8.44. The first-order valence-electron chi connectivity index (χ1n) is 6.58. The highest BCUT2D eigenvalue weighted by Gasteiger charge is 2.34. The van der Waals surface area contributed by atoms with E-state index in [1.807, 2.05) is 25.7 Å². The Hall–Kier alpha value is -1.21. The van der Waals surface area contributed by atoms with Crippen molar-refractivity contribution in [3.63, 3.8) is 0 Å². The van der Waals surface area contributed by atoms with Gasteiger partial charge in [-0.1, -0.05) is 5.92 Å². The maximum atomic E-state index is 12.0. The lowest BCUT2D eigenvalue weighted by molar-refractivity contribution is 0.0232. The van der Waals surface area contributed by atoms with Crippen molar-refractivity contribution in [3.8, 4) is 12.3 Å². The molecule has 1 fully saturated rings. The summed E-state index contributed by atoms with van der Waals surface area (Å²) in [7, 11) is 0. The van der Waals surface area contributed by atoms with Gasteiger partial charge in [-0.15, -0.1) is 6.42 Å². The monoisotopic (exact) mass is 252 g/mol. The second kappa shape index (κ2) is 6.65. The molecule has 0 aromatic carbocycles. The van der Waals surface area contributed by atoms with Gasteiger partial charge in [0.15, 0.2) is 0 Å². The van der Waals surface area contributed by atoms with E-state index in [1.54, 1.807) is 0 Å². The number of nitrogens with zero attached hydrogens (tertiary/aromatic N) is 1. The van der Waals surface area contributed by atoms with Crippen LogP contribution in [0.1, 0.15) is 40.0 Å². The Morgan fingerprint density at radius 3 is 2.67 bits per heavy atom. The van der Waals surface area contributed by atoms with Gasteiger partial charge in [0, 0.05) is 12.6 Å². The van der Waals surface area contributed by atoms with Gasteiger partial charge in [-0.2, -0.15) is 0 Å². The third-order valence-corrected chi connectivity index (χ3v) is 2.60. The third kappa shape index (κ3) is 5.92. The molecular weight excluding hydrogens is 228 g/mol. The van der Waals surface area contributed by atoms with Crippen molar-refractivity contribution in [2.45, 2.75) is 51.7 Å². The Labute approximate surface area is 110 Å². The number of ether oxygens (including phenoxy) is 1.